The molecule has 0 amide bonds. The quantitative estimate of drug-likeness (QED) is 0.0936. The van der Waals surface area contributed by atoms with E-state index in [1.165, 1.54) is 44.2 Å². The number of halogens is 6. The first-order chi connectivity index (χ1) is 25.7. The molecule has 1 atom stereocenters. The van der Waals surface area contributed by atoms with Gasteiger partial charge in [-0.2, -0.15) is 0 Å². The van der Waals surface area contributed by atoms with Gasteiger partial charge < -0.3 is 14.9 Å². The third-order valence-electron chi connectivity index (χ3n) is 9.40. The number of hydrogen-bond donors (Lipinski definition) is 2. The predicted molar refractivity (Wildman–Crippen MR) is 196 cm³/mol. The van der Waals surface area contributed by atoms with E-state index in [1.54, 1.807) is 20.8 Å². The molecule has 0 aliphatic rings. The molecule has 2 aromatic heterocycles. The molecule has 0 saturated carbocycles. The third kappa shape index (κ3) is 6.71. The van der Waals surface area contributed by atoms with Crippen LogP contribution in [0.1, 0.15) is 69.9 Å². The van der Waals surface area contributed by atoms with Gasteiger partial charge in [0.1, 0.15) is 11.6 Å². The van der Waals surface area contributed by atoms with E-state index < -0.39 is 76.3 Å². The molecule has 55 heavy (non-hydrogen) atoms. The molecule has 4 aromatic carbocycles. The highest BCUT2D eigenvalue weighted by Crippen LogP contribution is 2.45. The Hall–Kier alpha value is -5.66. The minimum absolute atomic E-state index is 0.0247. The summed E-state index contributed by atoms with van der Waals surface area (Å²) in [5, 5.41) is 19.0. The van der Waals surface area contributed by atoms with Crippen LogP contribution in [-0.4, -0.2) is 43.1 Å². The highest BCUT2D eigenvalue weighted by atomic mass is 35.5. The summed E-state index contributed by atoms with van der Waals surface area (Å²) < 4.78 is 69.1. The van der Waals surface area contributed by atoms with Crippen molar-refractivity contribution in [2.45, 2.75) is 47.0 Å². The molecular weight excluding hydrogens is 767 g/mol. The standard InChI is InChI=1S/C40H30Cl2F4N2O7/c1-17-21(16-30(50)51)32-26(47(17)37(52)19-6-8-22(41)24(43)14-19)11-13-29(36(32)46)55-39(54)34(40(3,4)5)31-18(2)48(27-10-12-28(49)35(45)33(27)31)38(53)20-7-9-23(42)25(44)15-20/h6-15,34,49H,16H2,1-5H3,(H,50,51). The molecule has 15 heteroatoms. The molecule has 9 nitrogen and oxygen atoms in total. The van der Waals surface area contributed by atoms with E-state index >= 15 is 8.78 Å². The molecule has 0 spiro atoms. The van der Waals surface area contributed by atoms with Gasteiger partial charge in [-0.15, -0.1) is 0 Å². The number of aromatic hydroxyl groups is 1. The van der Waals surface area contributed by atoms with E-state index in [4.69, 9.17) is 27.9 Å². The average Bonchev–Trinajstić information content (AvgIpc) is 3.55. The number of esters is 1. The zero-order valence-electron chi connectivity index (χ0n) is 29.7. The first-order valence-electron chi connectivity index (χ1n) is 16.5. The number of benzene rings is 4. The van der Waals surface area contributed by atoms with E-state index in [-0.39, 0.29) is 65.5 Å². The molecule has 0 bridgehead atoms. The van der Waals surface area contributed by atoms with Gasteiger partial charge in [-0.3, -0.25) is 28.3 Å². The van der Waals surface area contributed by atoms with Crippen molar-refractivity contribution in [1.29, 1.82) is 0 Å². The number of carboxylic acids is 1. The Bertz CT molecular complexity index is 2640. The Balaban J connectivity index is 1.51. The number of fused-ring (bicyclic) bond motifs is 2. The van der Waals surface area contributed by atoms with E-state index in [9.17, 15) is 38.2 Å². The zero-order valence-corrected chi connectivity index (χ0v) is 31.2. The highest BCUT2D eigenvalue weighted by molar-refractivity contribution is 6.31. The minimum Gasteiger partial charge on any atom is -0.505 e. The van der Waals surface area contributed by atoms with Crippen LogP contribution in [0.2, 0.25) is 10.0 Å². The molecule has 0 fully saturated rings. The SMILES string of the molecule is Cc1c(CC(=O)O)c2c(F)c(OC(=O)C(c3c(C)n(C(=O)c4ccc(Cl)c(F)c4)c4ccc(O)c(F)c34)C(C)(C)C)ccc2n1C(=O)c1ccc(Cl)c(F)c1. The number of carbonyl (C=O) groups is 4. The highest BCUT2D eigenvalue weighted by Gasteiger charge is 2.41. The van der Waals surface area contributed by atoms with Gasteiger partial charge in [0.05, 0.1) is 33.4 Å². The van der Waals surface area contributed by atoms with Crippen LogP contribution >= 0.6 is 23.2 Å². The summed E-state index contributed by atoms with van der Waals surface area (Å²) in [4.78, 5) is 53.8. The van der Waals surface area contributed by atoms with Crippen molar-refractivity contribution < 1.29 is 51.7 Å². The summed E-state index contributed by atoms with van der Waals surface area (Å²) >= 11 is 11.6. The third-order valence-corrected chi connectivity index (χ3v) is 10.0. The van der Waals surface area contributed by atoms with Gasteiger partial charge >= 0.3 is 11.9 Å². The number of ether oxygens (including phenoxy) is 1. The Morgan fingerprint density at radius 1 is 0.745 bits per heavy atom. The summed E-state index contributed by atoms with van der Waals surface area (Å²) in [5.41, 5.74) is -1.79. The maximum absolute atomic E-state index is 16.6. The van der Waals surface area contributed by atoms with Gasteiger partial charge in [0.25, 0.3) is 11.8 Å². The lowest BCUT2D eigenvalue weighted by atomic mass is 9.75. The van der Waals surface area contributed by atoms with Crippen LogP contribution in [0.3, 0.4) is 0 Å². The Morgan fingerprint density at radius 3 is 1.76 bits per heavy atom. The van der Waals surface area contributed by atoms with Gasteiger partial charge in [0, 0.05) is 33.3 Å². The van der Waals surface area contributed by atoms with Gasteiger partial charge in [0.15, 0.2) is 23.1 Å². The van der Waals surface area contributed by atoms with Crippen LogP contribution in [0.15, 0.2) is 60.7 Å². The van der Waals surface area contributed by atoms with Crippen LogP contribution in [0.5, 0.6) is 11.5 Å². The van der Waals surface area contributed by atoms with Gasteiger partial charge in [0.2, 0.25) is 0 Å². The lowest BCUT2D eigenvalue weighted by Gasteiger charge is -2.29. The number of rotatable bonds is 7. The summed E-state index contributed by atoms with van der Waals surface area (Å²) in [6, 6.07) is 11.2. The summed E-state index contributed by atoms with van der Waals surface area (Å²) in [6.45, 7) is 7.63. The number of carbonyl (C=O) groups excluding carboxylic acids is 3. The van der Waals surface area contributed by atoms with Gasteiger partial charge in [-0.1, -0.05) is 44.0 Å². The van der Waals surface area contributed by atoms with E-state index in [0.29, 0.717) is 0 Å². The van der Waals surface area contributed by atoms with Crippen molar-refractivity contribution in [2.24, 2.45) is 5.41 Å². The number of aliphatic carboxylic acids is 1. The fourth-order valence-electron chi connectivity index (χ4n) is 6.91. The van der Waals surface area contributed by atoms with Crippen molar-refractivity contribution in [3.8, 4) is 11.5 Å². The van der Waals surface area contributed by atoms with Crippen molar-refractivity contribution in [2.75, 3.05) is 0 Å². The largest absolute Gasteiger partial charge is 0.505 e. The Labute approximate surface area is 320 Å². The Morgan fingerprint density at radius 2 is 1.25 bits per heavy atom. The maximum Gasteiger partial charge on any atom is 0.319 e. The molecule has 1 unspecified atom stereocenters. The second-order valence-corrected chi connectivity index (χ2v) is 14.8. The molecule has 284 valence electrons. The molecule has 2 N–H and O–H groups in total. The first kappa shape index (κ1) is 39.0. The van der Waals surface area contributed by atoms with Gasteiger partial charge in [-0.25, -0.2) is 17.6 Å². The normalized spacial score (nSPS) is 12.3. The van der Waals surface area contributed by atoms with Gasteiger partial charge in [-0.05, 0) is 91.1 Å². The Kier molecular flexibility index (Phi) is 10.1. The van der Waals surface area contributed by atoms with E-state index in [2.05, 4.69) is 0 Å². The summed E-state index contributed by atoms with van der Waals surface area (Å²) in [7, 11) is 0. The van der Waals surface area contributed by atoms with E-state index in [0.717, 1.165) is 39.5 Å². The van der Waals surface area contributed by atoms with Crippen LogP contribution in [0, 0.1) is 42.5 Å². The number of hydrogen-bond acceptors (Lipinski definition) is 6. The molecule has 0 saturated heterocycles. The molecular formula is C40H30Cl2F4N2O7. The van der Waals surface area contributed by atoms with Crippen LogP contribution in [-0.2, 0) is 16.0 Å². The van der Waals surface area contributed by atoms with Crippen LogP contribution < -0.4 is 4.74 Å². The second kappa shape index (κ2) is 14.2. The molecule has 6 aromatic rings. The number of aromatic nitrogens is 2. The van der Waals surface area contributed by atoms with Crippen LogP contribution in [0.25, 0.3) is 21.8 Å². The van der Waals surface area contributed by atoms with E-state index in [1.807, 2.05) is 0 Å². The molecule has 0 aliphatic carbocycles. The lowest BCUT2D eigenvalue weighted by molar-refractivity contribution is -0.139. The summed E-state index contributed by atoms with van der Waals surface area (Å²) in [5.74, 6) is -11.2. The predicted octanol–water partition coefficient (Wildman–Crippen LogP) is 9.52. The number of nitrogens with zero attached hydrogens (tertiary/aromatic N) is 2. The lowest BCUT2D eigenvalue weighted by Crippen LogP contribution is -2.31. The molecule has 2 heterocycles. The molecule has 0 radical (unpaired) electrons. The van der Waals surface area contributed by atoms with Crippen molar-refractivity contribution in [3.63, 3.8) is 0 Å². The molecule has 6 rings (SSSR count). The second-order valence-electron chi connectivity index (χ2n) is 14.0. The minimum atomic E-state index is -1.45. The topological polar surface area (TPSA) is 128 Å². The van der Waals surface area contributed by atoms with Crippen molar-refractivity contribution in [1.82, 2.24) is 9.13 Å². The fraction of sp³-hybridized carbons (Fsp3) is 0.200. The van der Waals surface area contributed by atoms with Crippen molar-refractivity contribution in [3.05, 3.63) is 128 Å². The monoisotopic (exact) mass is 796 g/mol. The van der Waals surface area contributed by atoms with Crippen molar-refractivity contribution >= 4 is 68.8 Å². The van der Waals surface area contributed by atoms with Crippen LogP contribution in [0.4, 0.5) is 17.6 Å². The first-order valence-corrected chi connectivity index (χ1v) is 17.3. The number of carboxylic acid groups (broad SMARTS) is 1. The zero-order chi connectivity index (χ0) is 40.4. The number of phenols is 1. The molecule has 0 aliphatic heterocycles. The number of phenolic OH excluding ortho intramolecular Hbond substituents is 1. The maximum atomic E-state index is 16.6. The smallest absolute Gasteiger partial charge is 0.319 e. The average molecular weight is 798 g/mol. The summed E-state index contributed by atoms with van der Waals surface area (Å²) in [6.07, 6.45) is -0.746. The fourth-order valence-corrected chi connectivity index (χ4v) is 7.14.